The number of aromatic nitrogens is 2. The van der Waals surface area contributed by atoms with Gasteiger partial charge in [-0.25, -0.2) is 8.78 Å². The Morgan fingerprint density at radius 2 is 1.79 bits per heavy atom. The van der Waals surface area contributed by atoms with Crippen LogP contribution in [-0.2, 0) is 5.54 Å². The molecule has 0 aliphatic rings. The molecule has 6 heteroatoms. The summed E-state index contributed by atoms with van der Waals surface area (Å²) < 4.78 is 26.4. The molecule has 2 nitrogen and oxygen atoms in total. The van der Waals surface area contributed by atoms with Crippen LogP contribution in [0.25, 0.3) is 0 Å². The molecular formula is C8H10Cl2F2N2. The zero-order valence-corrected chi connectivity index (χ0v) is 9.50. The smallest absolute Gasteiger partial charge is 0.255 e. The number of alkyl halides is 2. The van der Waals surface area contributed by atoms with E-state index in [1.807, 2.05) is 0 Å². The summed E-state index contributed by atoms with van der Waals surface area (Å²) >= 11 is 11.2. The Morgan fingerprint density at radius 3 is 2.07 bits per heavy atom. The van der Waals surface area contributed by atoms with Crippen LogP contribution < -0.4 is 0 Å². The van der Waals surface area contributed by atoms with Crippen molar-refractivity contribution in [3.63, 3.8) is 0 Å². The highest BCUT2D eigenvalue weighted by Crippen LogP contribution is 2.35. The number of halogens is 4. The molecule has 0 unspecified atom stereocenters. The quantitative estimate of drug-likeness (QED) is 0.731. The number of hydrogen-bond acceptors (Lipinski definition) is 1. The molecule has 0 aliphatic heterocycles. The fourth-order valence-electron chi connectivity index (χ4n) is 1.08. The fourth-order valence-corrected chi connectivity index (χ4v) is 1.46. The minimum absolute atomic E-state index is 0.0862. The molecule has 14 heavy (non-hydrogen) atoms. The van der Waals surface area contributed by atoms with Crippen molar-refractivity contribution in [3.05, 3.63) is 15.9 Å². The van der Waals surface area contributed by atoms with Crippen LogP contribution >= 0.6 is 23.2 Å². The highest BCUT2D eigenvalue weighted by atomic mass is 35.5. The molecule has 0 radical (unpaired) electrons. The SMILES string of the molecule is CC(C)(C)n1nc(Cl)c(Cl)c1C(F)F. The van der Waals surface area contributed by atoms with Gasteiger partial charge in [0.1, 0.15) is 10.7 Å². The van der Waals surface area contributed by atoms with Crippen molar-refractivity contribution >= 4 is 23.2 Å². The van der Waals surface area contributed by atoms with Gasteiger partial charge in [0.2, 0.25) is 0 Å². The number of hydrogen-bond donors (Lipinski definition) is 0. The maximum atomic E-state index is 12.6. The third-order valence-corrected chi connectivity index (χ3v) is 2.40. The second kappa shape index (κ2) is 3.66. The Morgan fingerprint density at radius 1 is 1.29 bits per heavy atom. The third kappa shape index (κ3) is 2.01. The molecule has 0 aliphatic carbocycles. The first-order chi connectivity index (χ1) is 6.25. The van der Waals surface area contributed by atoms with E-state index in [1.165, 1.54) is 0 Å². The van der Waals surface area contributed by atoms with Gasteiger partial charge in [0.05, 0.1) is 5.54 Å². The molecule has 0 atom stereocenters. The number of nitrogens with zero attached hydrogens (tertiary/aromatic N) is 2. The van der Waals surface area contributed by atoms with E-state index < -0.39 is 12.0 Å². The van der Waals surface area contributed by atoms with Crippen molar-refractivity contribution in [1.82, 2.24) is 9.78 Å². The second-order valence-electron chi connectivity index (χ2n) is 3.87. The molecule has 0 aromatic carbocycles. The third-order valence-electron chi connectivity index (χ3n) is 1.66. The van der Waals surface area contributed by atoms with Crippen LogP contribution in [0.4, 0.5) is 8.78 Å². The zero-order chi connectivity index (χ0) is 11.1. The molecule has 0 saturated carbocycles. The van der Waals surface area contributed by atoms with Gasteiger partial charge >= 0.3 is 0 Å². The molecular weight excluding hydrogens is 233 g/mol. The second-order valence-corrected chi connectivity index (χ2v) is 4.61. The van der Waals surface area contributed by atoms with Crippen molar-refractivity contribution in [2.75, 3.05) is 0 Å². The van der Waals surface area contributed by atoms with Crippen LogP contribution in [0, 0.1) is 0 Å². The van der Waals surface area contributed by atoms with Gasteiger partial charge in [0, 0.05) is 0 Å². The zero-order valence-electron chi connectivity index (χ0n) is 7.98. The van der Waals surface area contributed by atoms with Gasteiger partial charge < -0.3 is 0 Å². The van der Waals surface area contributed by atoms with E-state index in [1.54, 1.807) is 20.8 Å². The van der Waals surface area contributed by atoms with E-state index in [0.29, 0.717) is 0 Å². The van der Waals surface area contributed by atoms with Crippen molar-refractivity contribution in [3.8, 4) is 0 Å². The average Bonchev–Trinajstić information content (AvgIpc) is 2.27. The first-order valence-corrected chi connectivity index (χ1v) is 4.73. The Balaban J connectivity index is 3.37. The predicted molar refractivity (Wildman–Crippen MR) is 52.2 cm³/mol. The molecule has 1 rings (SSSR count). The van der Waals surface area contributed by atoms with Crippen molar-refractivity contribution in [1.29, 1.82) is 0 Å². The summed E-state index contributed by atoms with van der Waals surface area (Å²) in [4.78, 5) is 0. The fraction of sp³-hybridized carbons (Fsp3) is 0.625. The van der Waals surface area contributed by atoms with E-state index in [0.717, 1.165) is 4.68 Å². The lowest BCUT2D eigenvalue weighted by Gasteiger charge is -2.21. The van der Waals surface area contributed by atoms with Gasteiger partial charge in [-0.3, -0.25) is 4.68 Å². The highest BCUT2D eigenvalue weighted by molar-refractivity contribution is 6.41. The molecule has 0 spiro atoms. The van der Waals surface area contributed by atoms with E-state index in [4.69, 9.17) is 23.2 Å². The van der Waals surface area contributed by atoms with E-state index in [9.17, 15) is 8.78 Å². The molecule has 0 bridgehead atoms. The molecule has 1 aromatic rings. The molecule has 80 valence electrons. The predicted octanol–water partition coefficient (Wildman–Crippen LogP) is 3.88. The monoisotopic (exact) mass is 242 g/mol. The van der Waals surface area contributed by atoms with Crippen LogP contribution in [-0.4, -0.2) is 9.78 Å². The van der Waals surface area contributed by atoms with Crippen molar-refractivity contribution in [2.24, 2.45) is 0 Å². The summed E-state index contributed by atoms with van der Waals surface area (Å²) in [5.74, 6) is 0. The minimum atomic E-state index is -2.68. The molecule has 0 amide bonds. The van der Waals surface area contributed by atoms with Gasteiger partial charge in [-0.2, -0.15) is 5.10 Å². The molecule has 1 heterocycles. The van der Waals surface area contributed by atoms with Crippen LogP contribution in [0.15, 0.2) is 0 Å². The normalized spacial score (nSPS) is 12.6. The van der Waals surface area contributed by atoms with Crippen LogP contribution in [0.1, 0.15) is 32.9 Å². The average molecular weight is 243 g/mol. The maximum absolute atomic E-state index is 12.6. The molecule has 1 aromatic heterocycles. The highest BCUT2D eigenvalue weighted by Gasteiger charge is 2.28. The Hall–Kier alpha value is -0.350. The standard InChI is InChI=1S/C8H10Cl2F2N2/c1-8(2,3)14-5(7(11)12)4(9)6(10)13-14/h7H,1-3H3. The summed E-state index contributed by atoms with van der Waals surface area (Å²) in [5.41, 5.74) is -0.896. The van der Waals surface area contributed by atoms with Gasteiger partial charge in [0.15, 0.2) is 5.15 Å². The Kier molecular flexibility index (Phi) is 3.07. The molecule has 0 fully saturated rings. The summed E-state index contributed by atoms with van der Waals surface area (Å²) in [7, 11) is 0. The first kappa shape index (κ1) is 11.7. The van der Waals surface area contributed by atoms with Gasteiger partial charge in [-0.05, 0) is 20.8 Å². The first-order valence-electron chi connectivity index (χ1n) is 3.97. The van der Waals surface area contributed by atoms with E-state index in [2.05, 4.69) is 5.10 Å². The Labute approximate surface area is 90.8 Å². The lowest BCUT2D eigenvalue weighted by molar-refractivity contribution is 0.130. The largest absolute Gasteiger partial charge is 0.281 e. The summed E-state index contributed by atoms with van der Waals surface area (Å²) in [5, 5.41) is 3.52. The van der Waals surface area contributed by atoms with Crippen LogP contribution in [0.5, 0.6) is 0 Å². The van der Waals surface area contributed by atoms with Crippen molar-refractivity contribution in [2.45, 2.75) is 32.7 Å². The van der Waals surface area contributed by atoms with Crippen LogP contribution in [0.2, 0.25) is 10.2 Å². The van der Waals surface area contributed by atoms with Crippen LogP contribution in [0.3, 0.4) is 0 Å². The van der Waals surface area contributed by atoms with Gasteiger partial charge in [-0.15, -0.1) is 0 Å². The Bertz CT molecular complexity index is 342. The van der Waals surface area contributed by atoms with E-state index >= 15 is 0 Å². The lowest BCUT2D eigenvalue weighted by atomic mass is 10.1. The number of rotatable bonds is 1. The molecule has 0 N–H and O–H groups in total. The summed E-state index contributed by atoms with van der Waals surface area (Å²) in [6.07, 6.45) is -2.68. The lowest BCUT2D eigenvalue weighted by Crippen LogP contribution is -2.25. The summed E-state index contributed by atoms with van der Waals surface area (Å²) in [6.45, 7) is 5.25. The topological polar surface area (TPSA) is 17.8 Å². The van der Waals surface area contributed by atoms with E-state index in [-0.39, 0.29) is 15.9 Å². The van der Waals surface area contributed by atoms with Gasteiger partial charge in [-0.1, -0.05) is 23.2 Å². The minimum Gasteiger partial charge on any atom is -0.255 e. The van der Waals surface area contributed by atoms with Crippen molar-refractivity contribution < 1.29 is 8.78 Å². The summed E-state index contributed by atoms with van der Waals surface area (Å²) in [6, 6.07) is 0. The van der Waals surface area contributed by atoms with Gasteiger partial charge in [0.25, 0.3) is 6.43 Å². The molecule has 0 saturated heterocycles. The maximum Gasteiger partial charge on any atom is 0.281 e.